The summed E-state index contributed by atoms with van der Waals surface area (Å²) < 4.78 is 45.8. The van der Waals surface area contributed by atoms with Gasteiger partial charge in [0.25, 0.3) is 0 Å². The lowest BCUT2D eigenvalue weighted by Gasteiger charge is -2.22. The van der Waals surface area contributed by atoms with Gasteiger partial charge >= 0.3 is 0 Å². The van der Waals surface area contributed by atoms with Crippen LogP contribution >= 0.6 is 0 Å². The van der Waals surface area contributed by atoms with E-state index >= 15 is 0 Å². The smallest absolute Gasteiger partial charge is 0.241 e. The first-order chi connectivity index (χ1) is 9.40. The first-order valence-corrected chi connectivity index (χ1v) is 8.01. The van der Waals surface area contributed by atoms with Crippen molar-refractivity contribution in [3.8, 4) is 0 Å². The van der Waals surface area contributed by atoms with Crippen LogP contribution in [0.4, 0.5) is 10.1 Å². The molecule has 0 amide bonds. The van der Waals surface area contributed by atoms with E-state index in [2.05, 4.69) is 4.72 Å². The van der Waals surface area contributed by atoms with Crippen LogP contribution in [0.25, 0.3) is 0 Å². The van der Waals surface area contributed by atoms with Crippen LogP contribution in [0, 0.1) is 18.7 Å². The quantitative estimate of drug-likeness (QED) is 0.824. The van der Waals surface area contributed by atoms with E-state index in [1.807, 2.05) is 0 Å². The van der Waals surface area contributed by atoms with E-state index in [1.165, 1.54) is 13.0 Å². The van der Waals surface area contributed by atoms with E-state index in [0.717, 1.165) is 25.5 Å². The highest BCUT2D eigenvalue weighted by Gasteiger charge is 2.22. The first-order valence-electron chi connectivity index (χ1n) is 6.53. The number of nitrogens with one attached hydrogen (secondary N) is 1. The zero-order valence-corrected chi connectivity index (χ0v) is 12.2. The summed E-state index contributed by atoms with van der Waals surface area (Å²) in [4.78, 5) is -0.105. The Balaban J connectivity index is 2.14. The molecule has 1 fully saturated rings. The van der Waals surface area contributed by atoms with E-state index in [-0.39, 0.29) is 28.6 Å². The molecule has 112 valence electrons. The van der Waals surface area contributed by atoms with Crippen molar-refractivity contribution in [2.75, 3.05) is 25.5 Å². The molecular weight excluding hydrogens is 283 g/mol. The van der Waals surface area contributed by atoms with E-state index < -0.39 is 15.8 Å². The van der Waals surface area contributed by atoms with E-state index in [9.17, 15) is 12.8 Å². The van der Waals surface area contributed by atoms with Crippen LogP contribution in [0.15, 0.2) is 17.0 Å². The molecule has 0 bridgehead atoms. The van der Waals surface area contributed by atoms with Crippen molar-refractivity contribution < 1.29 is 17.5 Å². The van der Waals surface area contributed by atoms with E-state index in [1.54, 1.807) is 0 Å². The summed E-state index contributed by atoms with van der Waals surface area (Å²) in [6, 6.07) is 2.39. The fourth-order valence-electron chi connectivity index (χ4n) is 2.23. The average Bonchev–Trinajstić information content (AvgIpc) is 2.42. The third kappa shape index (κ3) is 3.47. The summed E-state index contributed by atoms with van der Waals surface area (Å²) in [7, 11) is -3.76. The molecular formula is C13H19FN2O3S. The minimum Gasteiger partial charge on any atom is -0.399 e. The number of rotatable bonds is 4. The molecule has 20 heavy (non-hydrogen) atoms. The highest BCUT2D eigenvalue weighted by Crippen LogP contribution is 2.22. The third-order valence-corrected chi connectivity index (χ3v) is 4.97. The van der Waals surface area contributed by atoms with Crippen molar-refractivity contribution in [2.24, 2.45) is 5.92 Å². The Kier molecular flexibility index (Phi) is 4.62. The molecule has 5 nitrogen and oxygen atoms in total. The molecule has 0 aliphatic carbocycles. The van der Waals surface area contributed by atoms with E-state index in [4.69, 9.17) is 10.5 Å². The van der Waals surface area contributed by atoms with Gasteiger partial charge in [0.15, 0.2) is 0 Å². The molecule has 1 heterocycles. The van der Waals surface area contributed by atoms with Crippen molar-refractivity contribution in [2.45, 2.75) is 24.7 Å². The normalized spacial score (nSPS) is 20.0. The summed E-state index contributed by atoms with van der Waals surface area (Å²) in [5.41, 5.74) is 5.68. The van der Waals surface area contributed by atoms with Crippen LogP contribution in [-0.4, -0.2) is 28.2 Å². The van der Waals surface area contributed by atoms with Gasteiger partial charge in [-0.2, -0.15) is 0 Å². The molecule has 7 heteroatoms. The van der Waals surface area contributed by atoms with Crippen molar-refractivity contribution in [1.29, 1.82) is 0 Å². The van der Waals surface area contributed by atoms with E-state index in [0.29, 0.717) is 6.61 Å². The number of hydrogen-bond donors (Lipinski definition) is 2. The maximum absolute atomic E-state index is 13.6. The number of nitrogens with two attached hydrogens (primary N) is 1. The highest BCUT2D eigenvalue weighted by atomic mass is 32.2. The molecule has 1 aliphatic heterocycles. The zero-order chi connectivity index (χ0) is 14.8. The lowest BCUT2D eigenvalue weighted by molar-refractivity contribution is 0.0568. The molecule has 2 rings (SSSR count). The fourth-order valence-corrected chi connectivity index (χ4v) is 3.63. The lowest BCUT2D eigenvalue weighted by atomic mass is 10.0. The van der Waals surface area contributed by atoms with Gasteiger partial charge in [-0.1, -0.05) is 0 Å². The summed E-state index contributed by atoms with van der Waals surface area (Å²) in [6.07, 6.45) is 1.85. The second-order valence-corrected chi connectivity index (χ2v) is 6.80. The Hall–Kier alpha value is -1.18. The number of halogens is 1. The topological polar surface area (TPSA) is 81.4 Å². The van der Waals surface area contributed by atoms with Crippen LogP contribution in [0.2, 0.25) is 0 Å². The lowest BCUT2D eigenvalue weighted by Crippen LogP contribution is -2.33. The molecule has 1 aromatic carbocycles. The van der Waals surface area contributed by atoms with Gasteiger partial charge in [0.1, 0.15) is 5.82 Å². The van der Waals surface area contributed by atoms with Gasteiger partial charge in [0, 0.05) is 24.4 Å². The zero-order valence-electron chi connectivity index (χ0n) is 11.4. The number of benzene rings is 1. The maximum Gasteiger partial charge on any atom is 0.241 e. The van der Waals surface area contributed by atoms with Crippen molar-refractivity contribution in [1.82, 2.24) is 4.72 Å². The second kappa shape index (κ2) is 6.07. The fraction of sp³-hybridized carbons (Fsp3) is 0.538. The van der Waals surface area contributed by atoms with Crippen molar-refractivity contribution in [3.05, 3.63) is 23.5 Å². The standard InChI is InChI=1S/C13H19FN2O3S/c1-9-12(14)5-11(15)6-13(9)20(17,18)16-7-10-3-2-4-19-8-10/h5-6,10,16H,2-4,7-8,15H2,1H3. The minimum absolute atomic E-state index is 0.0756. The third-order valence-electron chi connectivity index (χ3n) is 3.43. The number of nitrogen functional groups attached to an aromatic ring is 1. The SMILES string of the molecule is Cc1c(F)cc(N)cc1S(=O)(=O)NCC1CCCOC1. The van der Waals surface area contributed by atoms with Crippen LogP contribution in [0.1, 0.15) is 18.4 Å². The first kappa shape index (κ1) is 15.2. The molecule has 1 aliphatic rings. The van der Waals surface area contributed by atoms with Crippen LogP contribution in [0.3, 0.4) is 0 Å². The number of hydrogen-bond acceptors (Lipinski definition) is 4. The minimum atomic E-state index is -3.76. The molecule has 1 unspecified atom stereocenters. The molecule has 3 N–H and O–H groups in total. The number of ether oxygens (including phenoxy) is 1. The highest BCUT2D eigenvalue weighted by molar-refractivity contribution is 7.89. The summed E-state index contributed by atoms with van der Waals surface area (Å²) >= 11 is 0. The summed E-state index contributed by atoms with van der Waals surface area (Å²) in [5, 5.41) is 0. The Morgan fingerprint density at radius 2 is 2.25 bits per heavy atom. The largest absolute Gasteiger partial charge is 0.399 e. The van der Waals surface area contributed by atoms with Gasteiger partial charge in [-0.05, 0) is 37.8 Å². The maximum atomic E-state index is 13.6. The predicted molar refractivity (Wildman–Crippen MR) is 74.3 cm³/mol. The predicted octanol–water partition coefficient (Wildman–Crippen LogP) is 1.42. The molecule has 0 radical (unpaired) electrons. The second-order valence-electron chi connectivity index (χ2n) is 5.06. The van der Waals surface area contributed by atoms with Crippen molar-refractivity contribution in [3.63, 3.8) is 0 Å². The van der Waals surface area contributed by atoms with Gasteiger partial charge in [0.05, 0.1) is 11.5 Å². The molecule has 0 saturated carbocycles. The number of anilines is 1. The van der Waals surface area contributed by atoms with Crippen LogP contribution in [-0.2, 0) is 14.8 Å². The Morgan fingerprint density at radius 1 is 1.50 bits per heavy atom. The van der Waals surface area contributed by atoms with Gasteiger partial charge < -0.3 is 10.5 Å². The molecule has 0 spiro atoms. The monoisotopic (exact) mass is 302 g/mol. The Morgan fingerprint density at radius 3 is 2.90 bits per heavy atom. The molecule has 1 atom stereocenters. The van der Waals surface area contributed by atoms with Gasteiger partial charge in [-0.15, -0.1) is 0 Å². The van der Waals surface area contributed by atoms with Crippen LogP contribution in [0.5, 0.6) is 0 Å². The average molecular weight is 302 g/mol. The summed E-state index contributed by atoms with van der Waals surface area (Å²) in [6.45, 7) is 2.99. The van der Waals surface area contributed by atoms with Gasteiger partial charge in [-0.25, -0.2) is 17.5 Å². The summed E-state index contributed by atoms with van der Waals surface area (Å²) in [5.74, 6) is -0.462. The Labute approximate surface area is 118 Å². The number of sulfonamides is 1. The van der Waals surface area contributed by atoms with Crippen molar-refractivity contribution >= 4 is 15.7 Å². The van der Waals surface area contributed by atoms with Crippen LogP contribution < -0.4 is 10.5 Å². The Bertz CT molecular complexity index is 584. The van der Waals surface area contributed by atoms with Gasteiger partial charge in [-0.3, -0.25) is 0 Å². The molecule has 1 aromatic rings. The molecule has 1 saturated heterocycles. The van der Waals surface area contributed by atoms with Gasteiger partial charge in [0.2, 0.25) is 10.0 Å². The molecule has 0 aromatic heterocycles.